The molecule has 3 rings (SSSR count). The third-order valence-corrected chi connectivity index (χ3v) is 5.08. The highest BCUT2D eigenvalue weighted by molar-refractivity contribution is 5.93. The molecule has 7 nitrogen and oxygen atoms in total. The van der Waals surface area contributed by atoms with Crippen molar-refractivity contribution < 1.29 is 19.4 Å². The van der Waals surface area contributed by atoms with Gasteiger partial charge in [-0.05, 0) is 37.0 Å². The van der Waals surface area contributed by atoms with Gasteiger partial charge in [0.2, 0.25) is 5.91 Å². The molecule has 0 aromatic heterocycles. The van der Waals surface area contributed by atoms with Crippen LogP contribution in [0.25, 0.3) is 0 Å². The summed E-state index contributed by atoms with van der Waals surface area (Å²) in [7, 11) is 1.51. The van der Waals surface area contributed by atoms with Crippen molar-refractivity contribution in [3.63, 3.8) is 0 Å². The SMILES string of the molecule is COc1cc(NC(=O)N2CCCC2CC(O)c2ccccc2)ccc1NC(C)=O. The number of aliphatic hydroxyl groups is 1. The molecule has 2 aromatic carbocycles. The van der Waals surface area contributed by atoms with E-state index in [0.717, 1.165) is 18.4 Å². The first-order valence-electron chi connectivity index (χ1n) is 9.74. The number of methoxy groups -OCH3 is 1. The third kappa shape index (κ3) is 5.26. The number of nitrogens with one attached hydrogen (secondary N) is 2. The van der Waals surface area contributed by atoms with Crippen molar-refractivity contribution in [3.8, 4) is 5.75 Å². The minimum absolute atomic E-state index is 0.0224. The molecule has 0 bridgehead atoms. The topological polar surface area (TPSA) is 90.9 Å². The molecule has 1 aliphatic heterocycles. The van der Waals surface area contributed by atoms with Crippen molar-refractivity contribution in [2.75, 3.05) is 24.3 Å². The van der Waals surface area contributed by atoms with E-state index in [-0.39, 0.29) is 18.0 Å². The first kappa shape index (κ1) is 20.7. The van der Waals surface area contributed by atoms with E-state index in [1.165, 1.54) is 14.0 Å². The quantitative estimate of drug-likeness (QED) is 0.692. The molecule has 2 unspecified atom stereocenters. The van der Waals surface area contributed by atoms with Gasteiger partial charge in [-0.25, -0.2) is 4.79 Å². The van der Waals surface area contributed by atoms with Crippen LogP contribution in [-0.4, -0.2) is 41.6 Å². The summed E-state index contributed by atoms with van der Waals surface area (Å²) >= 11 is 0. The van der Waals surface area contributed by atoms with E-state index >= 15 is 0 Å². The highest BCUT2D eigenvalue weighted by atomic mass is 16.5. The van der Waals surface area contributed by atoms with E-state index in [4.69, 9.17) is 4.74 Å². The van der Waals surface area contributed by atoms with Gasteiger partial charge >= 0.3 is 6.03 Å². The molecule has 0 aliphatic carbocycles. The maximum atomic E-state index is 12.8. The molecule has 1 saturated heterocycles. The van der Waals surface area contributed by atoms with Crippen LogP contribution in [0.2, 0.25) is 0 Å². The average Bonchev–Trinajstić information content (AvgIpc) is 3.17. The number of hydrogen-bond acceptors (Lipinski definition) is 4. The van der Waals surface area contributed by atoms with Crippen molar-refractivity contribution in [1.29, 1.82) is 0 Å². The Morgan fingerprint density at radius 3 is 2.66 bits per heavy atom. The molecule has 1 fully saturated rings. The fourth-order valence-electron chi connectivity index (χ4n) is 3.67. The van der Waals surface area contributed by atoms with Crippen molar-refractivity contribution >= 4 is 23.3 Å². The average molecular weight is 397 g/mol. The summed E-state index contributed by atoms with van der Waals surface area (Å²) in [5.74, 6) is 0.271. The van der Waals surface area contributed by atoms with Gasteiger partial charge in [0.05, 0.1) is 18.9 Å². The van der Waals surface area contributed by atoms with Crippen molar-refractivity contribution in [2.45, 2.75) is 38.3 Å². The number of rotatable bonds is 6. The predicted molar refractivity (Wildman–Crippen MR) is 112 cm³/mol. The first-order chi connectivity index (χ1) is 14.0. The molecule has 0 spiro atoms. The second kappa shape index (κ2) is 9.43. The molecule has 154 valence electrons. The second-order valence-corrected chi connectivity index (χ2v) is 7.18. The lowest BCUT2D eigenvalue weighted by atomic mass is 10.0. The van der Waals surface area contributed by atoms with Gasteiger partial charge in [0.15, 0.2) is 0 Å². The fourth-order valence-corrected chi connectivity index (χ4v) is 3.67. The normalized spacial score (nSPS) is 16.9. The van der Waals surface area contributed by atoms with Gasteiger partial charge < -0.3 is 25.4 Å². The van der Waals surface area contributed by atoms with E-state index in [0.29, 0.717) is 30.1 Å². The van der Waals surface area contributed by atoms with E-state index in [9.17, 15) is 14.7 Å². The number of amides is 3. The van der Waals surface area contributed by atoms with Gasteiger partial charge in [0.1, 0.15) is 5.75 Å². The second-order valence-electron chi connectivity index (χ2n) is 7.18. The Kier molecular flexibility index (Phi) is 6.72. The summed E-state index contributed by atoms with van der Waals surface area (Å²) in [5, 5.41) is 16.1. The molecule has 7 heteroatoms. The Bertz CT molecular complexity index is 856. The van der Waals surface area contributed by atoms with Crippen LogP contribution in [0.5, 0.6) is 5.75 Å². The lowest BCUT2D eigenvalue weighted by Gasteiger charge is -2.27. The maximum absolute atomic E-state index is 12.8. The van der Waals surface area contributed by atoms with Gasteiger partial charge in [0.25, 0.3) is 0 Å². The molecule has 0 radical (unpaired) electrons. The zero-order valence-electron chi connectivity index (χ0n) is 16.7. The molecular weight excluding hydrogens is 370 g/mol. The number of anilines is 2. The number of nitrogens with zero attached hydrogens (tertiary/aromatic N) is 1. The number of likely N-dealkylation sites (tertiary alicyclic amines) is 1. The third-order valence-electron chi connectivity index (χ3n) is 5.08. The summed E-state index contributed by atoms with van der Waals surface area (Å²) in [6.45, 7) is 2.08. The van der Waals surface area contributed by atoms with Crippen LogP contribution in [0.1, 0.15) is 37.9 Å². The van der Waals surface area contributed by atoms with E-state index in [2.05, 4.69) is 10.6 Å². The van der Waals surface area contributed by atoms with E-state index in [1.54, 1.807) is 23.1 Å². The number of carbonyl (C=O) groups is 2. The molecule has 3 N–H and O–H groups in total. The molecule has 0 saturated carbocycles. The predicted octanol–water partition coefficient (Wildman–Crippen LogP) is 3.77. The monoisotopic (exact) mass is 397 g/mol. The first-order valence-corrected chi connectivity index (χ1v) is 9.74. The molecule has 2 atom stereocenters. The van der Waals surface area contributed by atoms with Gasteiger partial charge in [-0.2, -0.15) is 0 Å². The standard InChI is InChI=1S/C22H27N3O4/c1-15(26)23-19-11-10-17(13-21(19)29-2)24-22(28)25-12-6-9-18(25)14-20(27)16-7-4-3-5-8-16/h3-5,7-8,10-11,13,18,20,27H,6,9,12,14H2,1-2H3,(H,23,26)(H,24,28). The van der Waals surface area contributed by atoms with Gasteiger partial charge in [-0.1, -0.05) is 30.3 Å². The molecular formula is C22H27N3O4. The van der Waals surface area contributed by atoms with Gasteiger partial charge in [-0.15, -0.1) is 0 Å². The lowest BCUT2D eigenvalue weighted by Crippen LogP contribution is -2.39. The Morgan fingerprint density at radius 2 is 1.97 bits per heavy atom. The van der Waals surface area contributed by atoms with Crippen LogP contribution in [0.3, 0.4) is 0 Å². The van der Waals surface area contributed by atoms with E-state index in [1.807, 2.05) is 30.3 Å². The highest BCUT2D eigenvalue weighted by Gasteiger charge is 2.30. The summed E-state index contributed by atoms with van der Waals surface area (Å²) in [6, 6.07) is 14.4. The van der Waals surface area contributed by atoms with Crippen molar-refractivity contribution in [2.24, 2.45) is 0 Å². The minimum Gasteiger partial charge on any atom is -0.494 e. The molecule has 29 heavy (non-hydrogen) atoms. The van der Waals surface area contributed by atoms with Crippen LogP contribution < -0.4 is 15.4 Å². The number of hydrogen-bond donors (Lipinski definition) is 3. The smallest absolute Gasteiger partial charge is 0.322 e. The molecule has 2 aromatic rings. The van der Waals surface area contributed by atoms with Crippen LogP contribution in [0.4, 0.5) is 16.2 Å². The Balaban J connectivity index is 1.65. The lowest BCUT2D eigenvalue weighted by molar-refractivity contribution is -0.114. The number of ether oxygens (including phenoxy) is 1. The van der Waals surface area contributed by atoms with Crippen molar-refractivity contribution in [1.82, 2.24) is 4.90 Å². The number of carbonyl (C=O) groups excluding carboxylic acids is 2. The van der Waals surface area contributed by atoms with Crippen LogP contribution in [-0.2, 0) is 4.79 Å². The molecule has 3 amide bonds. The van der Waals surface area contributed by atoms with Crippen LogP contribution in [0, 0.1) is 0 Å². The summed E-state index contributed by atoms with van der Waals surface area (Å²) in [5.41, 5.74) is 1.98. The number of benzene rings is 2. The largest absolute Gasteiger partial charge is 0.494 e. The summed E-state index contributed by atoms with van der Waals surface area (Å²) in [6.07, 6.45) is 1.67. The maximum Gasteiger partial charge on any atom is 0.322 e. The van der Waals surface area contributed by atoms with Crippen LogP contribution >= 0.6 is 0 Å². The molecule has 1 aliphatic rings. The fraction of sp³-hybridized carbons (Fsp3) is 0.364. The van der Waals surface area contributed by atoms with Gasteiger partial charge in [0, 0.05) is 31.3 Å². The highest BCUT2D eigenvalue weighted by Crippen LogP contribution is 2.30. The zero-order chi connectivity index (χ0) is 20.8. The van der Waals surface area contributed by atoms with Gasteiger partial charge in [-0.3, -0.25) is 4.79 Å². The summed E-state index contributed by atoms with van der Waals surface area (Å²) < 4.78 is 5.30. The van der Waals surface area contributed by atoms with Crippen molar-refractivity contribution in [3.05, 3.63) is 54.1 Å². The number of aliphatic hydroxyl groups excluding tert-OH is 1. The Labute approximate surface area is 170 Å². The Hall–Kier alpha value is -3.06. The molecule has 1 heterocycles. The Morgan fingerprint density at radius 1 is 1.21 bits per heavy atom. The number of urea groups is 1. The van der Waals surface area contributed by atoms with Crippen LogP contribution in [0.15, 0.2) is 48.5 Å². The minimum atomic E-state index is -0.605. The van der Waals surface area contributed by atoms with E-state index < -0.39 is 6.10 Å². The summed E-state index contributed by atoms with van der Waals surface area (Å²) in [4.78, 5) is 25.9. The zero-order valence-corrected chi connectivity index (χ0v) is 16.7.